The van der Waals surface area contributed by atoms with Crippen LogP contribution in [0.5, 0.6) is 0 Å². The van der Waals surface area contributed by atoms with E-state index in [1.807, 2.05) is 20.8 Å². The summed E-state index contributed by atoms with van der Waals surface area (Å²) in [4.78, 5) is 39.4. The number of carbonyl (C=O) groups excluding carboxylic acids is 3. The Hall–Kier alpha value is -2.28. The lowest BCUT2D eigenvalue weighted by Gasteiger charge is -2.35. The summed E-state index contributed by atoms with van der Waals surface area (Å²) in [5, 5.41) is 8.95. The van der Waals surface area contributed by atoms with Gasteiger partial charge in [0.25, 0.3) is 5.91 Å². The summed E-state index contributed by atoms with van der Waals surface area (Å²) < 4.78 is 0. The maximum absolute atomic E-state index is 12.9. The number of carbonyl (C=O) groups is 3. The lowest BCUT2D eigenvalue weighted by molar-refractivity contribution is -0.124. The Bertz CT molecular complexity index is 718. The van der Waals surface area contributed by atoms with Crippen molar-refractivity contribution in [2.75, 3.05) is 26.2 Å². The lowest BCUT2D eigenvalue weighted by Crippen LogP contribution is -2.55. The van der Waals surface area contributed by atoms with Crippen LogP contribution in [-0.4, -0.2) is 55.0 Å². The van der Waals surface area contributed by atoms with E-state index in [4.69, 9.17) is 11.6 Å². The minimum atomic E-state index is -0.672. The molecule has 160 valence electrons. The fraction of sp³-hybridized carbons (Fsp3) is 0.571. The Morgan fingerprint density at radius 3 is 2.38 bits per heavy atom. The Labute approximate surface area is 177 Å². The van der Waals surface area contributed by atoms with Gasteiger partial charge in [-0.2, -0.15) is 0 Å². The van der Waals surface area contributed by atoms with Crippen LogP contribution in [0.15, 0.2) is 24.3 Å². The first-order chi connectivity index (χ1) is 13.8. The van der Waals surface area contributed by atoms with Gasteiger partial charge in [-0.15, -0.1) is 0 Å². The average molecular weight is 423 g/mol. The number of hydrogen-bond donors (Lipinski definition) is 3. The van der Waals surface area contributed by atoms with Crippen molar-refractivity contribution in [2.24, 2.45) is 11.8 Å². The van der Waals surface area contributed by atoms with E-state index in [9.17, 15) is 14.4 Å². The molecule has 0 unspecified atom stereocenters. The first kappa shape index (κ1) is 23.0. The number of urea groups is 1. The highest BCUT2D eigenvalue weighted by molar-refractivity contribution is 6.33. The Morgan fingerprint density at radius 1 is 1.14 bits per heavy atom. The van der Waals surface area contributed by atoms with Crippen molar-refractivity contribution >= 4 is 29.4 Å². The summed E-state index contributed by atoms with van der Waals surface area (Å²) in [7, 11) is 0. The van der Waals surface area contributed by atoms with Gasteiger partial charge in [-0.05, 0) is 43.7 Å². The molecule has 8 heteroatoms. The molecule has 7 nitrogen and oxygen atoms in total. The number of hydrogen-bond acceptors (Lipinski definition) is 3. The maximum Gasteiger partial charge on any atom is 0.317 e. The molecule has 3 N–H and O–H groups in total. The van der Waals surface area contributed by atoms with Crippen LogP contribution in [0.2, 0.25) is 5.02 Å². The molecule has 0 aromatic heterocycles. The van der Waals surface area contributed by atoms with Gasteiger partial charge in [0.1, 0.15) is 6.04 Å². The molecule has 1 aromatic carbocycles. The number of benzene rings is 1. The second kappa shape index (κ2) is 11.0. The molecule has 1 fully saturated rings. The van der Waals surface area contributed by atoms with Crippen LogP contribution in [0.4, 0.5) is 4.79 Å². The third-order valence-corrected chi connectivity index (χ3v) is 5.33. The van der Waals surface area contributed by atoms with Crippen molar-refractivity contribution in [3.05, 3.63) is 34.9 Å². The summed E-state index contributed by atoms with van der Waals surface area (Å²) >= 11 is 6.14. The van der Waals surface area contributed by atoms with Crippen LogP contribution in [0.25, 0.3) is 0 Å². The van der Waals surface area contributed by atoms with Gasteiger partial charge in [0.05, 0.1) is 10.6 Å². The van der Waals surface area contributed by atoms with E-state index in [1.54, 1.807) is 29.2 Å². The second-order valence-corrected chi connectivity index (χ2v) is 8.14. The van der Waals surface area contributed by atoms with Crippen LogP contribution in [0.3, 0.4) is 0 Å². The second-order valence-electron chi connectivity index (χ2n) is 7.73. The molecule has 0 saturated carbocycles. The summed E-state index contributed by atoms with van der Waals surface area (Å²) in [6, 6.07) is 6.01. The molecule has 0 bridgehead atoms. The van der Waals surface area contributed by atoms with Crippen molar-refractivity contribution in [3.8, 4) is 0 Å². The molecule has 0 radical (unpaired) electrons. The van der Waals surface area contributed by atoms with E-state index in [0.717, 1.165) is 0 Å². The number of rotatable bonds is 7. The fourth-order valence-electron chi connectivity index (χ4n) is 3.38. The zero-order chi connectivity index (χ0) is 21.4. The normalized spacial score (nSPS) is 15.7. The molecule has 29 heavy (non-hydrogen) atoms. The Morgan fingerprint density at radius 2 is 1.79 bits per heavy atom. The van der Waals surface area contributed by atoms with Crippen LogP contribution < -0.4 is 16.0 Å². The molecule has 1 heterocycles. The molecule has 2 rings (SSSR count). The topological polar surface area (TPSA) is 90.5 Å². The molecule has 1 saturated heterocycles. The predicted octanol–water partition coefficient (Wildman–Crippen LogP) is 2.65. The Balaban J connectivity index is 2.09. The van der Waals surface area contributed by atoms with Crippen molar-refractivity contribution in [3.63, 3.8) is 0 Å². The van der Waals surface area contributed by atoms with E-state index in [0.29, 0.717) is 55.5 Å². The maximum atomic E-state index is 12.9. The van der Waals surface area contributed by atoms with Crippen LogP contribution >= 0.6 is 11.6 Å². The first-order valence-electron chi connectivity index (χ1n) is 10.2. The van der Waals surface area contributed by atoms with Crippen LogP contribution in [0.1, 0.15) is 44.0 Å². The summed E-state index contributed by atoms with van der Waals surface area (Å²) in [5.74, 6) is -0.320. The molecular formula is C21H31ClN4O3. The van der Waals surface area contributed by atoms with Gasteiger partial charge in [0.15, 0.2) is 0 Å². The number of piperidine rings is 1. The number of nitrogens with one attached hydrogen (secondary N) is 3. The summed E-state index contributed by atoms with van der Waals surface area (Å²) in [5.41, 5.74) is 0.343. The van der Waals surface area contributed by atoms with Crippen LogP contribution in [-0.2, 0) is 4.79 Å². The predicted molar refractivity (Wildman–Crippen MR) is 114 cm³/mol. The number of halogens is 1. The van der Waals surface area contributed by atoms with Gasteiger partial charge in [-0.3, -0.25) is 9.59 Å². The van der Waals surface area contributed by atoms with E-state index < -0.39 is 6.04 Å². The molecular weight excluding hydrogens is 392 g/mol. The molecule has 1 aliphatic heterocycles. The minimum absolute atomic E-state index is 0.0562. The van der Waals surface area contributed by atoms with Crippen molar-refractivity contribution in [1.82, 2.24) is 20.9 Å². The lowest BCUT2D eigenvalue weighted by atomic mass is 9.88. The van der Waals surface area contributed by atoms with Gasteiger partial charge in [0, 0.05) is 26.2 Å². The molecule has 1 atom stereocenters. The first-order valence-corrected chi connectivity index (χ1v) is 10.6. The largest absolute Gasteiger partial charge is 0.354 e. The van der Waals surface area contributed by atoms with Gasteiger partial charge in [-0.1, -0.05) is 37.6 Å². The third-order valence-electron chi connectivity index (χ3n) is 5.00. The van der Waals surface area contributed by atoms with E-state index >= 15 is 0 Å². The monoisotopic (exact) mass is 422 g/mol. The molecule has 1 aromatic rings. The van der Waals surface area contributed by atoms with E-state index in [1.165, 1.54) is 0 Å². The quantitative estimate of drug-likeness (QED) is 0.630. The van der Waals surface area contributed by atoms with Crippen molar-refractivity contribution in [1.29, 1.82) is 0 Å². The van der Waals surface area contributed by atoms with Gasteiger partial charge >= 0.3 is 6.03 Å². The van der Waals surface area contributed by atoms with Gasteiger partial charge in [-0.25, -0.2) is 4.79 Å². The molecule has 4 amide bonds. The summed E-state index contributed by atoms with van der Waals surface area (Å²) in [6.07, 6.45) is 1.28. The smallest absolute Gasteiger partial charge is 0.317 e. The third kappa shape index (κ3) is 6.63. The highest BCUT2D eigenvalue weighted by atomic mass is 35.5. The summed E-state index contributed by atoms with van der Waals surface area (Å²) in [6.45, 7) is 8.12. The van der Waals surface area contributed by atoms with E-state index in [-0.39, 0.29) is 23.8 Å². The number of nitrogens with zero attached hydrogens (tertiary/aromatic N) is 1. The average Bonchev–Trinajstić information content (AvgIpc) is 2.70. The fourth-order valence-corrected chi connectivity index (χ4v) is 3.60. The molecule has 0 spiro atoms. The molecule has 0 aliphatic carbocycles. The Kier molecular flexibility index (Phi) is 8.76. The SMILES string of the molecule is CCNC(=O)N1CCC([C@H](NC(=O)c2ccccc2Cl)C(=O)NCC(C)C)CC1. The van der Waals surface area contributed by atoms with Crippen molar-refractivity contribution < 1.29 is 14.4 Å². The highest BCUT2D eigenvalue weighted by Crippen LogP contribution is 2.22. The van der Waals surface area contributed by atoms with Gasteiger partial charge < -0.3 is 20.9 Å². The molecule has 1 aliphatic rings. The van der Waals surface area contributed by atoms with E-state index in [2.05, 4.69) is 16.0 Å². The number of likely N-dealkylation sites (tertiary alicyclic amines) is 1. The minimum Gasteiger partial charge on any atom is -0.354 e. The standard InChI is InChI=1S/C21H31ClN4O3/c1-4-23-21(29)26-11-9-15(10-12-26)18(20(28)24-13-14(2)3)25-19(27)16-7-5-6-8-17(16)22/h5-8,14-15,18H,4,9-13H2,1-3H3,(H,23,29)(H,24,28)(H,25,27)/t18-/m0/s1. The number of amides is 4. The van der Waals surface area contributed by atoms with Gasteiger partial charge in [0.2, 0.25) is 5.91 Å². The van der Waals surface area contributed by atoms with Crippen molar-refractivity contribution in [2.45, 2.75) is 39.7 Å². The zero-order valence-corrected chi connectivity index (χ0v) is 18.1. The highest BCUT2D eigenvalue weighted by Gasteiger charge is 2.34. The zero-order valence-electron chi connectivity index (χ0n) is 17.3. The van der Waals surface area contributed by atoms with Crippen LogP contribution in [0, 0.1) is 11.8 Å².